The van der Waals surface area contributed by atoms with Crippen LogP contribution >= 0.6 is 15.9 Å². The van der Waals surface area contributed by atoms with Gasteiger partial charge in [-0.2, -0.15) is 4.31 Å². The van der Waals surface area contributed by atoms with E-state index < -0.39 is 10.0 Å². The molecule has 3 nitrogen and oxygen atoms in total. The molecule has 0 aliphatic carbocycles. The quantitative estimate of drug-likeness (QED) is 0.821. The number of hydrogen-bond donors (Lipinski definition) is 0. The molecule has 0 unspecified atom stereocenters. The lowest BCUT2D eigenvalue weighted by Crippen LogP contribution is -2.43. The third-order valence-corrected chi connectivity index (χ3v) is 6.11. The van der Waals surface area contributed by atoms with E-state index in [-0.39, 0.29) is 5.41 Å². The number of aryl methyl sites for hydroxylation is 1. The molecule has 1 saturated heterocycles. The van der Waals surface area contributed by atoms with Gasteiger partial charge in [0.1, 0.15) is 0 Å². The fraction of sp³-hybridized carbons (Fsp3) is 0.571. The molecule has 5 heteroatoms. The normalized spacial score (nSPS) is 20.4. The van der Waals surface area contributed by atoms with Crippen molar-refractivity contribution < 1.29 is 8.42 Å². The number of halogens is 1. The zero-order chi connectivity index (χ0) is 14.3. The molecule has 0 amide bonds. The minimum atomic E-state index is -3.38. The van der Waals surface area contributed by atoms with Crippen molar-refractivity contribution in [1.29, 1.82) is 0 Å². The number of sulfonamides is 1. The van der Waals surface area contributed by atoms with Gasteiger partial charge < -0.3 is 0 Å². The van der Waals surface area contributed by atoms with E-state index in [2.05, 4.69) is 29.8 Å². The zero-order valence-corrected chi connectivity index (χ0v) is 14.0. The second kappa shape index (κ2) is 5.19. The number of benzene rings is 1. The van der Waals surface area contributed by atoms with E-state index >= 15 is 0 Å². The molecular formula is C14H20BrNO2S. The summed E-state index contributed by atoms with van der Waals surface area (Å²) in [6.45, 7) is 7.32. The summed E-state index contributed by atoms with van der Waals surface area (Å²) in [4.78, 5) is 0.416. The van der Waals surface area contributed by atoms with Crippen molar-refractivity contribution in [2.75, 3.05) is 13.1 Å². The minimum absolute atomic E-state index is 0.0608. The average Bonchev–Trinajstić information content (AvgIpc) is 2.31. The first-order chi connectivity index (χ1) is 8.72. The Hall–Kier alpha value is -0.390. The number of nitrogens with zero attached hydrogens (tertiary/aromatic N) is 1. The first kappa shape index (κ1) is 15.0. The maximum Gasteiger partial charge on any atom is 0.243 e. The zero-order valence-electron chi connectivity index (χ0n) is 11.6. The van der Waals surface area contributed by atoms with Crippen LogP contribution in [-0.2, 0) is 10.0 Å². The summed E-state index contributed by atoms with van der Waals surface area (Å²) in [6, 6.07) is 5.41. The van der Waals surface area contributed by atoms with Gasteiger partial charge in [0.2, 0.25) is 10.0 Å². The summed E-state index contributed by atoms with van der Waals surface area (Å²) >= 11 is 3.35. The van der Waals surface area contributed by atoms with Crippen molar-refractivity contribution in [3.05, 3.63) is 28.2 Å². The van der Waals surface area contributed by atoms with E-state index in [4.69, 9.17) is 0 Å². The molecule has 1 fully saturated rings. The Bertz CT molecular complexity index is 581. The second-order valence-corrected chi connectivity index (χ2v) is 8.84. The Morgan fingerprint density at radius 3 is 2.63 bits per heavy atom. The number of hydrogen-bond acceptors (Lipinski definition) is 2. The Kier molecular flexibility index (Phi) is 4.10. The molecule has 1 aromatic carbocycles. The van der Waals surface area contributed by atoms with Gasteiger partial charge in [0.15, 0.2) is 0 Å². The topological polar surface area (TPSA) is 37.4 Å². The van der Waals surface area contributed by atoms with Crippen molar-refractivity contribution in [2.45, 2.75) is 38.5 Å². The largest absolute Gasteiger partial charge is 0.243 e. The molecule has 0 spiro atoms. The molecule has 106 valence electrons. The summed E-state index contributed by atoms with van der Waals surface area (Å²) in [7, 11) is -3.38. The fourth-order valence-corrected chi connectivity index (χ4v) is 5.00. The van der Waals surface area contributed by atoms with Gasteiger partial charge in [-0.3, -0.25) is 0 Å². The highest BCUT2D eigenvalue weighted by Crippen LogP contribution is 2.33. The van der Waals surface area contributed by atoms with Crippen LogP contribution in [0.3, 0.4) is 0 Å². The Morgan fingerprint density at radius 1 is 1.32 bits per heavy atom. The Balaban J connectivity index is 2.39. The predicted molar refractivity (Wildman–Crippen MR) is 80.7 cm³/mol. The highest BCUT2D eigenvalue weighted by atomic mass is 79.9. The van der Waals surface area contributed by atoms with Crippen molar-refractivity contribution >= 4 is 26.0 Å². The van der Waals surface area contributed by atoms with Crippen LogP contribution in [-0.4, -0.2) is 25.8 Å². The van der Waals surface area contributed by atoms with Crippen LogP contribution in [0.4, 0.5) is 0 Å². The maximum absolute atomic E-state index is 12.8. The van der Waals surface area contributed by atoms with Crippen LogP contribution < -0.4 is 0 Å². The molecule has 0 bridgehead atoms. The van der Waals surface area contributed by atoms with Gasteiger partial charge >= 0.3 is 0 Å². The van der Waals surface area contributed by atoms with Gasteiger partial charge in [-0.05, 0) is 42.9 Å². The van der Waals surface area contributed by atoms with Crippen LogP contribution in [0.25, 0.3) is 0 Å². The highest BCUT2D eigenvalue weighted by Gasteiger charge is 2.34. The smallest absolute Gasteiger partial charge is 0.207 e. The molecule has 0 atom stereocenters. The third kappa shape index (κ3) is 3.20. The number of rotatable bonds is 2. The molecular weight excluding hydrogens is 326 g/mol. The van der Waals surface area contributed by atoms with Crippen molar-refractivity contribution in [2.24, 2.45) is 5.41 Å². The molecule has 0 N–H and O–H groups in total. The van der Waals surface area contributed by atoms with Crippen LogP contribution in [0.2, 0.25) is 0 Å². The molecule has 1 aromatic rings. The van der Waals surface area contributed by atoms with E-state index in [9.17, 15) is 8.42 Å². The van der Waals surface area contributed by atoms with Gasteiger partial charge in [0.25, 0.3) is 0 Å². The van der Waals surface area contributed by atoms with Crippen molar-refractivity contribution in [3.63, 3.8) is 0 Å². The van der Waals surface area contributed by atoms with Gasteiger partial charge in [0, 0.05) is 17.6 Å². The molecule has 1 heterocycles. The van der Waals surface area contributed by atoms with Gasteiger partial charge in [-0.1, -0.05) is 35.8 Å². The molecule has 0 saturated carbocycles. The first-order valence-electron chi connectivity index (χ1n) is 6.49. The highest BCUT2D eigenvalue weighted by molar-refractivity contribution is 9.10. The lowest BCUT2D eigenvalue weighted by atomic mass is 9.85. The molecule has 0 aromatic heterocycles. The fourth-order valence-electron chi connectivity index (χ4n) is 2.57. The average molecular weight is 346 g/mol. The summed E-state index contributed by atoms with van der Waals surface area (Å²) in [5, 5.41) is 0. The molecule has 0 radical (unpaired) electrons. The van der Waals surface area contributed by atoms with E-state index in [1.165, 1.54) is 0 Å². The summed E-state index contributed by atoms with van der Waals surface area (Å²) in [6.07, 6.45) is 2.01. The van der Waals surface area contributed by atoms with Crippen LogP contribution in [0.5, 0.6) is 0 Å². The van der Waals surface area contributed by atoms with Gasteiger partial charge in [-0.15, -0.1) is 0 Å². The first-order valence-corrected chi connectivity index (χ1v) is 8.72. The summed E-state index contributed by atoms with van der Waals surface area (Å²) in [5.74, 6) is 0. The van der Waals surface area contributed by atoms with E-state index in [1.54, 1.807) is 10.4 Å². The maximum atomic E-state index is 12.8. The lowest BCUT2D eigenvalue weighted by Gasteiger charge is -2.37. The standard InChI is InChI=1S/C14H20BrNO2S/c1-11-5-6-12(15)9-13(11)19(17,18)16-8-4-7-14(2,3)10-16/h5-6,9H,4,7-8,10H2,1-3H3. The van der Waals surface area contributed by atoms with E-state index in [1.807, 2.05) is 19.1 Å². The second-order valence-electron chi connectivity index (χ2n) is 6.02. The number of piperidine rings is 1. The van der Waals surface area contributed by atoms with Crippen LogP contribution in [0.15, 0.2) is 27.6 Å². The molecule has 1 aliphatic rings. The van der Waals surface area contributed by atoms with E-state index in [0.29, 0.717) is 18.0 Å². The van der Waals surface area contributed by atoms with Gasteiger partial charge in [0.05, 0.1) is 4.90 Å². The van der Waals surface area contributed by atoms with Crippen LogP contribution in [0, 0.1) is 12.3 Å². The molecule has 19 heavy (non-hydrogen) atoms. The van der Waals surface area contributed by atoms with Crippen LogP contribution in [0.1, 0.15) is 32.3 Å². The minimum Gasteiger partial charge on any atom is -0.207 e. The monoisotopic (exact) mass is 345 g/mol. The molecule has 1 aliphatic heterocycles. The SMILES string of the molecule is Cc1ccc(Br)cc1S(=O)(=O)N1CCCC(C)(C)C1. The summed E-state index contributed by atoms with van der Waals surface area (Å²) in [5.41, 5.74) is 0.859. The lowest BCUT2D eigenvalue weighted by molar-refractivity contribution is 0.187. The predicted octanol–water partition coefficient (Wildman–Crippen LogP) is 3.57. The van der Waals surface area contributed by atoms with Crippen molar-refractivity contribution in [1.82, 2.24) is 4.31 Å². The van der Waals surface area contributed by atoms with E-state index in [0.717, 1.165) is 22.9 Å². The third-order valence-electron chi connectivity index (χ3n) is 3.63. The molecule has 2 rings (SSSR count). The summed E-state index contributed by atoms with van der Waals surface area (Å²) < 4.78 is 27.9. The Morgan fingerprint density at radius 2 is 2.00 bits per heavy atom. The Labute approximate surface area is 124 Å². The van der Waals surface area contributed by atoms with Gasteiger partial charge in [-0.25, -0.2) is 8.42 Å². The van der Waals surface area contributed by atoms with Crippen molar-refractivity contribution in [3.8, 4) is 0 Å².